The summed E-state index contributed by atoms with van der Waals surface area (Å²) in [4.78, 5) is 24.3. The van der Waals surface area contributed by atoms with Crippen molar-refractivity contribution < 1.29 is 14.3 Å². The van der Waals surface area contributed by atoms with Gasteiger partial charge in [-0.1, -0.05) is 11.6 Å². The molecule has 2 N–H and O–H groups in total. The van der Waals surface area contributed by atoms with Crippen LogP contribution in [0.3, 0.4) is 0 Å². The zero-order valence-electron chi connectivity index (χ0n) is 13.9. The van der Waals surface area contributed by atoms with Crippen LogP contribution < -0.4 is 15.4 Å². The number of hydrogen-bond acceptors (Lipinski definition) is 4. The minimum Gasteiger partial charge on any atom is -0.496 e. The number of methoxy groups -OCH3 is 1. The number of carbonyl (C=O) groups excluding carboxylic acids is 2. The normalized spacial score (nSPS) is 10.4. The van der Waals surface area contributed by atoms with Gasteiger partial charge in [-0.2, -0.15) is 5.10 Å². The highest BCUT2D eigenvalue weighted by Crippen LogP contribution is 2.22. The van der Waals surface area contributed by atoms with E-state index in [1.807, 2.05) is 6.92 Å². The van der Waals surface area contributed by atoms with Crippen molar-refractivity contribution in [3.63, 3.8) is 0 Å². The van der Waals surface area contributed by atoms with Gasteiger partial charge in [0.2, 0.25) is 5.91 Å². The number of rotatable bonds is 5. The van der Waals surface area contributed by atoms with E-state index in [0.29, 0.717) is 22.2 Å². The van der Waals surface area contributed by atoms with Crippen molar-refractivity contribution in [3.8, 4) is 5.75 Å². The van der Waals surface area contributed by atoms with E-state index in [9.17, 15) is 9.59 Å². The zero-order valence-corrected chi connectivity index (χ0v) is 14.7. The summed E-state index contributed by atoms with van der Waals surface area (Å²) < 4.78 is 6.81. The number of hydrogen-bond donors (Lipinski definition) is 2. The van der Waals surface area contributed by atoms with Crippen molar-refractivity contribution in [3.05, 3.63) is 40.2 Å². The van der Waals surface area contributed by atoms with Crippen molar-refractivity contribution in [1.82, 2.24) is 15.1 Å². The second kappa shape index (κ2) is 7.35. The Bertz CT molecular complexity index is 786. The predicted octanol–water partition coefficient (Wildman–Crippen LogP) is 2.07. The second-order valence-corrected chi connectivity index (χ2v) is 5.68. The molecule has 1 aromatic heterocycles. The Labute approximate surface area is 144 Å². The molecule has 0 unspecified atom stereocenters. The van der Waals surface area contributed by atoms with Crippen LogP contribution in [0.2, 0.25) is 5.02 Å². The van der Waals surface area contributed by atoms with E-state index in [1.165, 1.54) is 13.2 Å². The fraction of sp³-hybridized carbons (Fsp3) is 0.312. The molecular weight excluding hydrogens is 332 g/mol. The first-order chi connectivity index (χ1) is 11.3. The van der Waals surface area contributed by atoms with Gasteiger partial charge in [-0.05, 0) is 32.0 Å². The SMILES string of the molecule is COc1ccc(Cl)cc1C(=O)NCC(=O)Nc1c(C)nn(C)c1C. The standard InChI is InChI=1S/C16H19ClN4O3/c1-9-15(10(2)21(3)20-9)19-14(22)8-18-16(23)12-7-11(17)5-6-13(12)24-4/h5-7H,8H2,1-4H3,(H,18,23)(H,19,22). The van der Waals surface area contributed by atoms with Crippen LogP contribution in [0.5, 0.6) is 5.75 Å². The van der Waals surface area contributed by atoms with Gasteiger partial charge in [0.05, 0.1) is 36.3 Å². The van der Waals surface area contributed by atoms with Crippen LogP contribution >= 0.6 is 11.6 Å². The van der Waals surface area contributed by atoms with Crippen molar-refractivity contribution in [2.24, 2.45) is 7.05 Å². The van der Waals surface area contributed by atoms with Gasteiger partial charge in [-0.25, -0.2) is 0 Å². The molecule has 0 aliphatic rings. The van der Waals surface area contributed by atoms with Gasteiger partial charge in [0, 0.05) is 12.1 Å². The summed E-state index contributed by atoms with van der Waals surface area (Å²) in [7, 11) is 3.26. The van der Waals surface area contributed by atoms with Gasteiger partial charge in [0.1, 0.15) is 5.75 Å². The van der Waals surface area contributed by atoms with E-state index in [2.05, 4.69) is 15.7 Å². The fourth-order valence-corrected chi connectivity index (χ4v) is 2.42. The molecule has 0 radical (unpaired) electrons. The van der Waals surface area contributed by atoms with Crippen LogP contribution in [0.4, 0.5) is 5.69 Å². The average Bonchev–Trinajstić information content (AvgIpc) is 2.78. The largest absolute Gasteiger partial charge is 0.496 e. The maximum absolute atomic E-state index is 12.2. The Balaban J connectivity index is 2.01. The topological polar surface area (TPSA) is 85.2 Å². The Kier molecular flexibility index (Phi) is 5.46. The van der Waals surface area contributed by atoms with Crippen LogP contribution in [0, 0.1) is 13.8 Å². The lowest BCUT2D eigenvalue weighted by Gasteiger charge is -2.10. The number of benzene rings is 1. The van der Waals surface area contributed by atoms with Crippen LogP contribution in [-0.4, -0.2) is 35.2 Å². The molecule has 1 aromatic carbocycles. The lowest BCUT2D eigenvalue weighted by Crippen LogP contribution is -2.33. The molecule has 24 heavy (non-hydrogen) atoms. The van der Waals surface area contributed by atoms with Gasteiger partial charge >= 0.3 is 0 Å². The predicted molar refractivity (Wildman–Crippen MR) is 91.6 cm³/mol. The monoisotopic (exact) mass is 350 g/mol. The van der Waals surface area contributed by atoms with Crippen molar-refractivity contribution in [2.45, 2.75) is 13.8 Å². The van der Waals surface area contributed by atoms with Gasteiger partial charge in [0.15, 0.2) is 0 Å². The number of nitrogens with zero attached hydrogens (tertiary/aromatic N) is 2. The Morgan fingerprint density at radius 3 is 2.62 bits per heavy atom. The van der Waals surface area contributed by atoms with Crippen LogP contribution in [0.15, 0.2) is 18.2 Å². The van der Waals surface area contributed by atoms with Crippen LogP contribution in [0.1, 0.15) is 21.7 Å². The third-order valence-corrected chi connectivity index (χ3v) is 3.82. The van der Waals surface area contributed by atoms with Gasteiger partial charge in [-0.15, -0.1) is 0 Å². The molecule has 2 aromatic rings. The van der Waals surface area contributed by atoms with E-state index >= 15 is 0 Å². The van der Waals surface area contributed by atoms with Gasteiger partial charge < -0.3 is 15.4 Å². The fourth-order valence-electron chi connectivity index (χ4n) is 2.25. The summed E-state index contributed by atoms with van der Waals surface area (Å²) in [5.74, 6) is -0.399. The Morgan fingerprint density at radius 2 is 2.04 bits per heavy atom. The maximum atomic E-state index is 12.2. The number of anilines is 1. The summed E-state index contributed by atoms with van der Waals surface area (Å²) in [5.41, 5.74) is 2.47. The number of amides is 2. The highest BCUT2D eigenvalue weighted by molar-refractivity contribution is 6.31. The smallest absolute Gasteiger partial charge is 0.255 e. The molecule has 0 saturated heterocycles. The Morgan fingerprint density at radius 1 is 1.33 bits per heavy atom. The van der Waals surface area contributed by atoms with Crippen LogP contribution in [-0.2, 0) is 11.8 Å². The molecule has 2 rings (SSSR count). The van der Waals surface area contributed by atoms with Crippen molar-refractivity contribution >= 4 is 29.1 Å². The second-order valence-electron chi connectivity index (χ2n) is 5.24. The summed E-state index contributed by atoms with van der Waals surface area (Å²) in [6.45, 7) is 3.48. The maximum Gasteiger partial charge on any atom is 0.255 e. The molecule has 0 fully saturated rings. The zero-order chi connectivity index (χ0) is 17.9. The molecule has 2 amide bonds. The highest BCUT2D eigenvalue weighted by atomic mass is 35.5. The first kappa shape index (κ1) is 17.8. The number of nitrogens with one attached hydrogen (secondary N) is 2. The summed E-state index contributed by atoms with van der Waals surface area (Å²) in [5, 5.41) is 9.93. The summed E-state index contributed by atoms with van der Waals surface area (Å²) in [6, 6.07) is 4.71. The molecule has 1 heterocycles. The number of aryl methyl sites for hydroxylation is 2. The average molecular weight is 351 g/mol. The first-order valence-electron chi connectivity index (χ1n) is 7.25. The van der Waals surface area contributed by atoms with E-state index in [0.717, 1.165) is 5.69 Å². The molecule has 7 nitrogen and oxygen atoms in total. The Hall–Kier alpha value is -2.54. The molecule has 0 saturated carbocycles. The third kappa shape index (κ3) is 3.86. The number of halogens is 1. The van der Waals surface area contributed by atoms with E-state index < -0.39 is 5.91 Å². The van der Waals surface area contributed by atoms with Crippen molar-refractivity contribution in [1.29, 1.82) is 0 Å². The minimum absolute atomic E-state index is 0.178. The van der Waals surface area contributed by atoms with E-state index in [1.54, 1.807) is 30.8 Å². The molecular formula is C16H19ClN4O3. The van der Waals surface area contributed by atoms with Crippen LogP contribution in [0.25, 0.3) is 0 Å². The number of carbonyl (C=O) groups is 2. The summed E-state index contributed by atoms with van der Waals surface area (Å²) in [6.07, 6.45) is 0. The van der Waals surface area contributed by atoms with Gasteiger partial charge in [0.25, 0.3) is 5.91 Å². The molecule has 8 heteroatoms. The number of ether oxygens (including phenoxy) is 1. The first-order valence-corrected chi connectivity index (χ1v) is 7.63. The van der Waals surface area contributed by atoms with Crippen molar-refractivity contribution in [2.75, 3.05) is 19.0 Å². The number of aromatic nitrogens is 2. The van der Waals surface area contributed by atoms with E-state index in [-0.39, 0.29) is 18.0 Å². The third-order valence-electron chi connectivity index (χ3n) is 3.59. The van der Waals surface area contributed by atoms with Gasteiger partial charge in [-0.3, -0.25) is 14.3 Å². The quantitative estimate of drug-likeness (QED) is 0.864. The molecule has 0 aliphatic carbocycles. The molecule has 0 aliphatic heterocycles. The molecule has 0 atom stereocenters. The molecule has 0 bridgehead atoms. The van der Waals surface area contributed by atoms with E-state index in [4.69, 9.17) is 16.3 Å². The molecule has 128 valence electrons. The minimum atomic E-state index is -0.441. The molecule has 0 spiro atoms. The summed E-state index contributed by atoms with van der Waals surface area (Å²) >= 11 is 5.90. The lowest BCUT2D eigenvalue weighted by molar-refractivity contribution is -0.115. The lowest BCUT2D eigenvalue weighted by atomic mass is 10.2. The highest BCUT2D eigenvalue weighted by Gasteiger charge is 2.16.